The quantitative estimate of drug-likeness (QED) is 0.801. The van der Waals surface area contributed by atoms with Crippen molar-refractivity contribution in [2.45, 2.75) is 63.2 Å². The summed E-state index contributed by atoms with van der Waals surface area (Å²) in [6, 6.07) is 0.262. The minimum Gasteiger partial charge on any atom is -0.352 e. The number of thioether (sulfide) groups is 1. The topological polar surface area (TPSA) is 81.1 Å². The number of aromatic nitrogens is 2. The number of rotatable bonds is 5. The molecule has 6 nitrogen and oxygen atoms in total. The lowest BCUT2D eigenvalue weighted by molar-refractivity contribution is -0.119. The maximum absolute atomic E-state index is 12.1. The smallest absolute Gasteiger partial charge is 0.230 e. The largest absolute Gasteiger partial charge is 0.352 e. The van der Waals surface area contributed by atoms with E-state index in [4.69, 9.17) is 0 Å². The van der Waals surface area contributed by atoms with Gasteiger partial charge in [-0.05, 0) is 33.1 Å². The normalized spacial score (nSPS) is 23.7. The van der Waals surface area contributed by atoms with Crippen LogP contribution in [-0.2, 0) is 14.6 Å². The van der Waals surface area contributed by atoms with Gasteiger partial charge in [-0.25, -0.2) is 13.4 Å². The van der Waals surface area contributed by atoms with Crippen LogP contribution in [0.4, 0.5) is 0 Å². The molecule has 2 fully saturated rings. The number of carbonyl (C=O) groups excluding carboxylic acids is 1. The lowest BCUT2D eigenvalue weighted by Gasteiger charge is -2.17. The summed E-state index contributed by atoms with van der Waals surface area (Å²) in [5, 5.41) is 3.75. The van der Waals surface area contributed by atoms with Crippen LogP contribution in [0.3, 0.4) is 0 Å². The van der Waals surface area contributed by atoms with Crippen LogP contribution in [0.25, 0.3) is 0 Å². The molecule has 0 unspecified atom stereocenters. The molecule has 2 aliphatic rings. The van der Waals surface area contributed by atoms with Crippen LogP contribution in [0.2, 0.25) is 0 Å². The summed E-state index contributed by atoms with van der Waals surface area (Å²) in [6.45, 7) is 4.10. The van der Waals surface area contributed by atoms with Crippen LogP contribution in [0.5, 0.6) is 0 Å². The number of amides is 1. The molecule has 1 aliphatic heterocycles. The molecule has 1 aromatic heterocycles. The number of carbonyl (C=O) groups is 1. The maximum Gasteiger partial charge on any atom is 0.230 e. The van der Waals surface area contributed by atoms with Crippen molar-refractivity contribution >= 4 is 27.5 Å². The van der Waals surface area contributed by atoms with Crippen molar-refractivity contribution in [3.05, 3.63) is 11.4 Å². The molecule has 1 saturated carbocycles. The summed E-state index contributed by atoms with van der Waals surface area (Å²) in [5.74, 6) is 0.408. The van der Waals surface area contributed by atoms with Gasteiger partial charge >= 0.3 is 0 Å². The van der Waals surface area contributed by atoms with Crippen LogP contribution in [-0.4, -0.2) is 47.2 Å². The fourth-order valence-electron chi connectivity index (χ4n) is 3.60. The molecule has 1 aliphatic carbocycles. The molecular weight excluding hydrogens is 346 g/mol. The summed E-state index contributed by atoms with van der Waals surface area (Å²) in [7, 11) is -2.97. The SMILES string of the molecule is Cc1nc(SCC(=O)N[C@H]2CCS(=O)(=O)C2)n(C2CCCC2)c1C. The maximum atomic E-state index is 12.1. The van der Waals surface area contributed by atoms with Crippen LogP contribution in [0.1, 0.15) is 49.5 Å². The molecular formula is C16H25N3O3S2. The zero-order valence-electron chi connectivity index (χ0n) is 14.2. The summed E-state index contributed by atoms with van der Waals surface area (Å²) in [4.78, 5) is 16.8. The number of aryl methyl sites for hydroxylation is 1. The Morgan fingerprint density at radius 1 is 1.29 bits per heavy atom. The van der Waals surface area contributed by atoms with Crippen molar-refractivity contribution in [1.82, 2.24) is 14.9 Å². The number of nitrogens with one attached hydrogen (secondary N) is 1. The van der Waals surface area contributed by atoms with Crippen LogP contribution >= 0.6 is 11.8 Å². The molecule has 1 amide bonds. The highest BCUT2D eigenvalue weighted by molar-refractivity contribution is 7.99. The predicted octanol–water partition coefficient (Wildman–Crippen LogP) is 2.01. The molecule has 0 radical (unpaired) electrons. The van der Waals surface area contributed by atoms with E-state index in [0.717, 1.165) is 10.9 Å². The number of hydrogen-bond acceptors (Lipinski definition) is 5. The van der Waals surface area contributed by atoms with Gasteiger partial charge in [-0.1, -0.05) is 24.6 Å². The second-order valence-electron chi connectivity index (χ2n) is 6.83. The number of imidazole rings is 1. The van der Waals surface area contributed by atoms with Crippen molar-refractivity contribution in [2.75, 3.05) is 17.3 Å². The van der Waals surface area contributed by atoms with Crippen LogP contribution in [0, 0.1) is 13.8 Å². The Hall–Kier alpha value is -1.02. The summed E-state index contributed by atoms with van der Waals surface area (Å²) in [5.41, 5.74) is 2.21. The Bertz CT molecular complexity index is 721. The van der Waals surface area contributed by atoms with E-state index in [1.807, 2.05) is 6.92 Å². The molecule has 24 heavy (non-hydrogen) atoms. The first kappa shape index (κ1) is 17.8. The van der Waals surface area contributed by atoms with Gasteiger partial charge in [0.2, 0.25) is 5.91 Å². The molecule has 8 heteroatoms. The molecule has 1 N–H and O–H groups in total. The second kappa shape index (κ2) is 7.07. The first-order chi connectivity index (χ1) is 11.4. The summed E-state index contributed by atoms with van der Waals surface area (Å²) in [6.07, 6.45) is 5.38. The van der Waals surface area contributed by atoms with Crippen molar-refractivity contribution < 1.29 is 13.2 Å². The Morgan fingerprint density at radius 3 is 2.62 bits per heavy atom. The van der Waals surface area contributed by atoms with Crippen LogP contribution < -0.4 is 5.32 Å². The lowest BCUT2D eigenvalue weighted by Crippen LogP contribution is -2.36. The number of sulfone groups is 1. The third kappa shape index (κ3) is 3.96. The van der Waals surface area contributed by atoms with Gasteiger partial charge in [0.15, 0.2) is 15.0 Å². The highest BCUT2D eigenvalue weighted by Gasteiger charge is 2.29. The monoisotopic (exact) mass is 371 g/mol. The minimum absolute atomic E-state index is 0.0678. The van der Waals surface area contributed by atoms with Crippen molar-refractivity contribution in [1.29, 1.82) is 0 Å². The molecule has 3 rings (SSSR count). The highest BCUT2D eigenvalue weighted by atomic mass is 32.2. The first-order valence-electron chi connectivity index (χ1n) is 8.54. The zero-order chi connectivity index (χ0) is 17.3. The fraction of sp³-hybridized carbons (Fsp3) is 0.750. The Balaban J connectivity index is 1.60. The number of nitrogens with zero attached hydrogens (tertiary/aromatic N) is 2. The molecule has 1 aromatic rings. The Labute approximate surface area is 147 Å². The van der Waals surface area contributed by atoms with E-state index >= 15 is 0 Å². The predicted molar refractivity (Wildman–Crippen MR) is 95.1 cm³/mol. The molecule has 1 saturated heterocycles. The van der Waals surface area contributed by atoms with E-state index in [2.05, 4.69) is 21.8 Å². The minimum atomic E-state index is -2.97. The molecule has 2 heterocycles. The molecule has 1 atom stereocenters. The van der Waals surface area contributed by atoms with Gasteiger partial charge in [-0.3, -0.25) is 4.79 Å². The van der Waals surface area contributed by atoms with Gasteiger partial charge in [0.1, 0.15) is 0 Å². The van der Waals surface area contributed by atoms with Crippen molar-refractivity contribution in [3.8, 4) is 0 Å². The standard InChI is InChI=1S/C16H25N3O3S2/c1-11-12(2)19(14-5-3-4-6-14)16(17-11)23-9-15(20)18-13-7-8-24(21,22)10-13/h13-14H,3-10H2,1-2H3,(H,18,20)/t13-/m0/s1. The number of hydrogen-bond donors (Lipinski definition) is 1. The highest BCUT2D eigenvalue weighted by Crippen LogP contribution is 2.35. The van der Waals surface area contributed by atoms with Gasteiger partial charge < -0.3 is 9.88 Å². The first-order valence-corrected chi connectivity index (χ1v) is 11.3. The third-order valence-corrected chi connectivity index (χ3v) is 7.69. The van der Waals surface area contributed by atoms with E-state index in [0.29, 0.717) is 12.5 Å². The molecule has 0 spiro atoms. The van der Waals surface area contributed by atoms with Crippen molar-refractivity contribution in [2.24, 2.45) is 0 Å². The van der Waals surface area contributed by atoms with E-state index in [-0.39, 0.29) is 29.2 Å². The van der Waals surface area contributed by atoms with Crippen LogP contribution in [0.15, 0.2) is 5.16 Å². The average Bonchev–Trinajstić information content (AvgIpc) is 3.19. The van der Waals surface area contributed by atoms with Gasteiger partial charge in [0.05, 0.1) is 23.0 Å². The lowest BCUT2D eigenvalue weighted by atomic mass is 10.2. The van der Waals surface area contributed by atoms with E-state index in [1.165, 1.54) is 43.1 Å². The van der Waals surface area contributed by atoms with Gasteiger partial charge in [0.25, 0.3) is 0 Å². The zero-order valence-corrected chi connectivity index (χ0v) is 15.9. The van der Waals surface area contributed by atoms with Gasteiger partial charge in [0, 0.05) is 17.8 Å². The molecule has 134 valence electrons. The Morgan fingerprint density at radius 2 is 2.00 bits per heavy atom. The summed E-state index contributed by atoms with van der Waals surface area (Å²) < 4.78 is 25.2. The second-order valence-corrected chi connectivity index (χ2v) is 10.0. The third-order valence-electron chi connectivity index (χ3n) is 4.97. The van der Waals surface area contributed by atoms with E-state index < -0.39 is 9.84 Å². The van der Waals surface area contributed by atoms with Gasteiger partial charge in [-0.2, -0.15) is 0 Å². The van der Waals surface area contributed by atoms with Crippen molar-refractivity contribution in [3.63, 3.8) is 0 Å². The van der Waals surface area contributed by atoms with E-state index in [1.54, 1.807) is 0 Å². The Kier molecular flexibility index (Phi) is 5.24. The summed E-state index contributed by atoms with van der Waals surface area (Å²) >= 11 is 1.45. The fourth-order valence-corrected chi connectivity index (χ4v) is 6.24. The van der Waals surface area contributed by atoms with E-state index in [9.17, 15) is 13.2 Å². The molecule has 0 bridgehead atoms. The molecule has 0 aromatic carbocycles. The van der Waals surface area contributed by atoms with Gasteiger partial charge in [-0.15, -0.1) is 0 Å². The average molecular weight is 372 g/mol.